The minimum Gasteiger partial charge on any atom is -0.480 e. The predicted molar refractivity (Wildman–Crippen MR) is 163 cm³/mol. The highest BCUT2D eigenvalue weighted by Gasteiger charge is 2.21. The van der Waals surface area contributed by atoms with Crippen molar-refractivity contribution in [2.75, 3.05) is 43.4 Å². The van der Waals surface area contributed by atoms with Crippen molar-refractivity contribution in [3.63, 3.8) is 0 Å². The van der Waals surface area contributed by atoms with Gasteiger partial charge in [-0.25, -0.2) is 14.8 Å². The van der Waals surface area contributed by atoms with E-state index >= 15 is 0 Å². The molecule has 0 saturated heterocycles. The standard InChI is InChI=1S/C32H40N6O3/c1-37-23-28(26-11-2-3-12-29(26)37)36-27(32(39)40)16-20-38(21-22-41-30-13-4-6-17-33-30)19-7-5-10-25-15-14-24-9-8-18-34-31(24)35-25/h2-4,6,11-15,17,23,27,36H,5,7-10,16,18-22H2,1H3,(H,34,35)(H,39,40). The summed E-state index contributed by atoms with van der Waals surface area (Å²) < 4.78 is 7.88. The van der Waals surface area contributed by atoms with E-state index in [0.29, 0.717) is 32.0 Å². The van der Waals surface area contributed by atoms with E-state index in [2.05, 4.69) is 32.7 Å². The third kappa shape index (κ3) is 7.76. The fraction of sp³-hybridized carbons (Fsp3) is 0.406. The van der Waals surface area contributed by atoms with E-state index in [4.69, 9.17) is 9.72 Å². The van der Waals surface area contributed by atoms with Gasteiger partial charge in [0.05, 0.1) is 5.69 Å². The number of para-hydroxylation sites is 1. The Hall–Kier alpha value is -4.11. The number of anilines is 2. The number of carboxylic acids is 1. The van der Waals surface area contributed by atoms with E-state index in [-0.39, 0.29) is 0 Å². The van der Waals surface area contributed by atoms with Crippen molar-refractivity contribution in [2.45, 2.75) is 44.6 Å². The average Bonchev–Trinajstić information content (AvgIpc) is 3.32. The Balaban J connectivity index is 1.17. The van der Waals surface area contributed by atoms with Gasteiger partial charge in [0.2, 0.25) is 5.88 Å². The first-order chi connectivity index (χ1) is 20.1. The Morgan fingerprint density at radius 3 is 2.85 bits per heavy atom. The van der Waals surface area contributed by atoms with E-state index in [1.165, 1.54) is 5.56 Å². The summed E-state index contributed by atoms with van der Waals surface area (Å²) in [6.07, 6.45) is 9.33. The summed E-state index contributed by atoms with van der Waals surface area (Å²) in [6.45, 7) is 3.67. The van der Waals surface area contributed by atoms with Crippen LogP contribution in [0.1, 0.15) is 36.9 Å². The zero-order valence-electron chi connectivity index (χ0n) is 23.8. The number of aromatic nitrogens is 3. The maximum Gasteiger partial charge on any atom is 0.326 e. The summed E-state index contributed by atoms with van der Waals surface area (Å²) in [5.74, 6) is 0.788. The monoisotopic (exact) mass is 556 g/mol. The number of hydrogen-bond acceptors (Lipinski definition) is 7. The molecule has 216 valence electrons. The molecule has 9 nitrogen and oxygen atoms in total. The number of unbranched alkanes of at least 4 members (excludes halogenated alkanes) is 1. The molecule has 1 aliphatic heterocycles. The number of aryl methyl sites for hydroxylation is 3. The lowest BCUT2D eigenvalue weighted by atomic mass is 10.1. The summed E-state index contributed by atoms with van der Waals surface area (Å²) in [6, 6.07) is 17.3. The highest BCUT2D eigenvalue weighted by molar-refractivity contribution is 5.94. The molecule has 0 amide bonds. The molecule has 0 aliphatic carbocycles. The van der Waals surface area contributed by atoms with Gasteiger partial charge >= 0.3 is 5.97 Å². The molecule has 0 spiro atoms. The van der Waals surface area contributed by atoms with Crippen molar-refractivity contribution < 1.29 is 14.6 Å². The zero-order valence-corrected chi connectivity index (χ0v) is 23.8. The molecule has 3 N–H and O–H groups in total. The van der Waals surface area contributed by atoms with Crippen molar-refractivity contribution in [1.82, 2.24) is 19.4 Å². The lowest BCUT2D eigenvalue weighted by molar-refractivity contribution is -0.138. The van der Waals surface area contributed by atoms with Crippen LogP contribution in [0.4, 0.5) is 11.5 Å². The van der Waals surface area contributed by atoms with Crippen LogP contribution in [0.3, 0.4) is 0 Å². The molecule has 41 heavy (non-hydrogen) atoms. The maximum absolute atomic E-state index is 12.2. The van der Waals surface area contributed by atoms with E-state index in [1.54, 1.807) is 6.20 Å². The third-order valence-electron chi connectivity index (χ3n) is 7.66. The first-order valence-corrected chi connectivity index (χ1v) is 14.6. The van der Waals surface area contributed by atoms with Crippen LogP contribution in [0.2, 0.25) is 0 Å². The van der Waals surface area contributed by atoms with Gasteiger partial charge in [0, 0.05) is 61.7 Å². The Morgan fingerprint density at radius 1 is 1.12 bits per heavy atom. The average molecular weight is 557 g/mol. The van der Waals surface area contributed by atoms with Gasteiger partial charge in [0.1, 0.15) is 18.5 Å². The normalized spacial score (nSPS) is 13.5. The zero-order chi connectivity index (χ0) is 28.4. The number of rotatable bonds is 15. The van der Waals surface area contributed by atoms with Crippen LogP contribution in [0.25, 0.3) is 10.9 Å². The summed E-state index contributed by atoms with van der Waals surface area (Å²) in [4.78, 5) is 23.6. The maximum atomic E-state index is 12.2. The fourth-order valence-electron chi connectivity index (χ4n) is 5.41. The fourth-order valence-corrected chi connectivity index (χ4v) is 5.41. The highest BCUT2D eigenvalue weighted by Crippen LogP contribution is 2.26. The molecular formula is C32H40N6O3. The van der Waals surface area contributed by atoms with Gasteiger partial charge in [-0.05, 0) is 68.8 Å². The molecule has 4 heterocycles. The second kappa shape index (κ2) is 14.0. The molecule has 0 radical (unpaired) electrons. The minimum absolute atomic E-state index is 0.472. The number of nitrogens with zero attached hydrogens (tertiary/aromatic N) is 4. The third-order valence-corrected chi connectivity index (χ3v) is 7.66. The molecule has 0 fully saturated rings. The van der Waals surface area contributed by atoms with Crippen molar-refractivity contribution in [3.8, 4) is 5.88 Å². The van der Waals surface area contributed by atoms with Gasteiger partial charge in [-0.2, -0.15) is 0 Å². The molecule has 0 saturated carbocycles. The second-order valence-electron chi connectivity index (χ2n) is 10.7. The van der Waals surface area contributed by atoms with Crippen molar-refractivity contribution in [3.05, 3.63) is 78.2 Å². The number of fused-ring (bicyclic) bond motifs is 2. The van der Waals surface area contributed by atoms with Crippen LogP contribution in [0, 0.1) is 0 Å². The van der Waals surface area contributed by atoms with Crippen LogP contribution < -0.4 is 15.4 Å². The number of nitrogens with one attached hydrogen (secondary N) is 2. The summed E-state index contributed by atoms with van der Waals surface area (Å²) in [7, 11) is 1.98. The molecule has 4 aromatic rings. The molecule has 9 heteroatoms. The van der Waals surface area contributed by atoms with Crippen LogP contribution in [0.15, 0.2) is 67.0 Å². The Labute approximate surface area is 241 Å². The lowest BCUT2D eigenvalue weighted by Gasteiger charge is -2.24. The minimum atomic E-state index is -0.852. The van der Waals surface area contributed by atoms with Gasteiger partial charge in [0.15, 0.2) is 0 Å². The van der Waals surface area contributed by atoms with Gasteiger partial charge in [-0.15, -0.1) is 0 Å². The molecule has 1 aromatic carbocycles. The quantitative estimate of drug-likeness (QED) is 0.176. The van der Waals surface area contributed by atoms with Crippen molar-refractivity contribution in [1.29, 1.82) is 0 Å². The lowest BCUT2D eigenvalue weighted by Crippen LogP contribution is -2.37. The predicted octanol–water partition coefficient (Wildman–Crippen LogP) is 4.99. The van der Waals surface area contributed by atoms with Gasteiger partial charge in [-0.3, -0.25) is 4.90 Å². The van der Waals surface area contributed by atoms with Gasteiger partial charge in [-0.1, -0.05) is 30.3 Å². The summed E-state index contributed by atoms with van der Waals surface area (Å²) in [5.41, 5.74) is 4.33. The first-order valence-electron chi connectivity index (χ1n) is 14.6. The van der Waals surface area contributed by atoms with Crippen molar-refractivity contribution >= 4 is 28.4 Å². The highest BCUT2D eigenvalue weighted by atomic mass is 16.5. The van der Waals surface area contributed by atoms with E-state index in [1.807, 2.05) is 60.3 Å². The van der Waals surface area contributed by atoms with Crippen LogP contribution in [-0.4, -0.2) is 69.3 Å². The van der Waals surface area contributed by atoms with Crippen LogP contribution >= 0.6 is 0 Å². The van der Waals surface area contributed by atoms with E-state index in [0.717, 1.165) is 73.3 Å². The van der Waals surface area contributed by atoms with Crippen LogP contribution in [0.5, 0.6) is 5.88 Å². The Kier molecular flexibility index (Phi) is 9.69. The summed E-state index contributed by atoms with van der Waals surface area (Å²) in [5, 5.41) is 17.8. The number of carboxylic acid groups (broad SMARTS) is 1. The largest absolute Gasteiger partial charge is 0.480 e. The van der Waals surface area contributed by atoms with E-state index < -0.39 is 12.0 Å². The Morgan fingerprint density at radius 2 is 2.00 bits per heavy atom. The Bertz CT molecular complexity index is 1420. The first kappa shape index (κ1) is 28.4. The number of pyridine rings is 2. The van der Waals surface area contributed by atoms with Gasteiger partial charge < -0.3 is 25.0 Å². The van der Waals surface area contributed by atoms with Gasteiger partial charge in [0.25, 0.3) is 0 Å². The molecule has 1 unspecified atom stereocenters. The molecule has 3 aromatic heterocycles. The smallest absolute Gasteiger partial charge is 0.326 e. The number of ether oxygens (including phenoxy) is 1. The number of hydrogen-bond donors (Lipinski definition) is 3. The number of benzene rings is 1. The molecule has 1 atom stereocenters. The molecule has 1 aliphatic rings. The number of carbonyl (C=O) groups is 1. The molecule has 5 rings (SSSR count). The van der Waals surface area contributed by atoms with Crippen LogP contribution in [-0.2, 0) is 24.7 Å². The molecular weight excluding hydrogens is 516 g/mol. The molecule has 0 bridgehead atoms. The van der Waals surface area contributed by atoms with E-state index in [9.17, 15) is 9.90 Å². The number of aliphatic carboxylic acids is 1. The second-order valence-corrected chi connectivity index (χ2v) is 10.7. The van der Waals surface area contributed by atoms with Crippen molar-refractivity contribution in [2.24, 2.45) is 7.05 Å². The topological polar surface area (TPSA) is 105 Å². The summed E-state index contributed by atoms with van der Waals surface area (Å²) >= 11 is 0. The SMILES string of the molecule is Cn1cc(NC(CCN(CCCCc2ccc3c(n2)NCCC3)CCOc2ccccn2)C(=O)O)c2ccccc21.